The number of hydrogen-bond acceptors (Lipinski definition) is 2. The predicted octanol–water partition coefficient (Wildman–Crippen LogP) is 5.63. The fourth-order valence-electron chi connectivity index (χ4n) is 2.78. The first kappa shape index (κ1) is 17.0. The molecule has 3 rings (SSSR count). The Hall–Kier alpha value is -2.81. The molecule has 0 amide bonds. The van der Waals surface area contributed by atoms with Crippen LogP contribution in [0.5, 0.6) is 5.75 Å². The minimum atomic E-state index is -0.245. The van der Waals surface area contributed by atoms with E-state index < -0.39 is 0 Å². The molecule has 0 saturated heterocycles. The molecule has 0 fully saturated rings. The molecule has 0 unspecified atom stereocenters. The van der Waals surface area contributed by atoms with Gasteiger partial charge in [0.15, 0.2) is 0 Å². The summed E-state index contributed by atoms with van der Waals surface area (Å²) in [6, 6.07) is 20.8. The number of benzene rings is 3. The molecule has 2 nitrogen and oxygen atoms in total. The molecular formula is C22H22FNO. The number of ether oxygens (including phenoxy) is 1. The first-order chi connectivity index (χ1) is 12.1. The third kappa shape index (κ3) is 4.60. The van der Waals surface area contributed by atoms with Crippen LogP contribution >= 0.6 is 0 Å². The largest absolute Gasteiger partial charge is 0.489 e. The summed E-state index contributed by atoms with van der Waals surface area (Å²) in [6.45, 7) is 5.20. The van der Waals surface area contributed by atoms with E-state index in [1.165, 1.54) is 23.3 Å². The lowest BCUT2D eigenvalue weighted by Crippen LogP contribution is -2.04. The predicted molar refractivity (Wildman–Crippen MR) is 100 cm³/mol. The number of anilines is 1. The molecule has 0 heterocycles. The molecule has 0 atom stereocenters. The maximum absolute atomic E-state index is 13.3. The molecule has 0 aliphatic rings. The van der Waals surface area contributed by atoms with Gasteiger partial charge >= 0.3 is 0 Å². The topological polar surface area (TPSA) is 21.3 Å². The molecule has 0 bridgehead atoms. The smallest absolute Gasteiger partial charge is 0.124 e. The number of nitrogens with one attached hydrogen (secondary N) is 1. The second kappa shape index (κ2) is 7.84. The van der Waals surface area contributed by atoms with Gasteiger partial charge in [0.2, 0.25) is 0 Å². The number of halogens is 1. The van der Waals surface area contributed by atoms with Crippen LogP contribution in [0.3, 0.4) is 0 Å². The van der Waals surface area contributed by atoms with Gasteiger partial charge in [0, 0.05) is 17.8 Å². The van der Waals surface area contributed by atoms with E-state index in [-0.39, 0.29) is 5.82 Å². The lowest BCUT2D eigenvalue weighted by Gasteiger charge is -2.14. The molecule has 0 aliphatic heterocycles. The number of para-hydroxylation sites is 1. The van der Waals surface area contributed by atoms with Gasteiger partial charge < -0.3 is 10.1 Å². The highest BCUT2D eigenvalue weighted by molar-refractivity contribution is 5.52. The van der Waals surface area contributed by atoms with Gasteiger partial charge in [-0.25, -0.2) is 4.39 Å². The van der Waals surface area contributed by atoms with E-state index in [4.69, 9.17) is 4.74 Å². The molecule has 3 heteroatoms. The molecular weight excluding hydrogens is 313 g/mol. The zero-order valence-corrected chi connectivity index (χ0v) is 14.6. The Morgan fingerprint density at radius 2 is 1.76 bits per heavy atom. The highest BCUT2D eigenvalue weighted by Crippen LogP contribution is 2.22. The second-order valence-corrected chi connectivity index (χ2v) is 6.20. The van der Waals surface area contributed by atoms with Gasteiger partial charge in [0.05, 0.1) is 0 Å². The number of hydrogen-bond donors (Lipinski definition) is 1. The van der Waals surface area contributed by atoms with E-state index in [1.807, 2.05) is 30.3 Å². The summed E-state index contributed by atoms with van der Waals surface area (Å²) < 4.78 is 19.2. The van der Waals surface area contributed by atoms with Crippen molar-refractivity contribution in [1.82, 2.24) is 0 Å². The fourth-order valence-corrected chi connectivity index (χ4v) is 2.78. The van der Waals surface area contributed by atoms with Gasteiger partial charge in [-0.1, -0.05) is 48.0 Å². The molecule has 3 aromatic carbocycles. The lowest BCUT2D eigenvalue weighted by molar-refractivity contribution is 0.302. The quantitative estimate of drug-likeness (QED) is 0.630. The van der Waals surface area contributed by atoms with Crippen molar-refractivity contribution in [3.8, 4) is 5.75 Å². The zero-order valence-electron chi connectivity index (χ0n) is 14.6. The molecule has 0 aromatic heterocycles. The molecule has 128 valence electrons. The Morgan fingerprint density at radius 1 is 0.920 bits per heavy atom. The summed E-state index contributed by atoms with van der Waals surface area (Å²) in [6.07, 6.45) is 0. The summed E-state index contributed by atoms with van der Waals surface area (Å²) in [5.41, 5.74) is 5.47. The monoisotopic (exact) mass is 335 g/mol. The summed E-state index contributed by atoms with van der Waals surface area (Å²) in [5.74, 6) is 0.565. The molecule has 3 aromatic rings. The van der Waals surface area contributed by atoms with E-state index in [1.54, 1.807) is 6.07 Å². The fraction of sp³-hybridized carbons (Fsp3) is 0.182. The summed E-state index contributed by atoms with van der Waals surface area (Å²) in [7, 11) is 0. The Balaban J connectivity index is 1.68. The number of aryl methyl sites for hydroxylation is 2. The molecule has 1 N–H and O–H groups in total. The van der Waals surface area contributed by atoms with Crippen LogP contribution in [-0.4, -0.2) is 0 Å². The zero-order chi connectivity index (χ0) is 17.6. The van der Waals surface area contributed by atoms with Crippen LogP contribution in [0.15, 0.2) is 66.7 Å². The van der Waals surface area contributed by atoms with Gasteiger partial charge in [-0.2, -0.15) is 0 Å². The Labute approximate surface area is 148 Å². The SMILES string of the molecule is Cc1ccc(NCc2ccccc2OCc2cccc(F)c2)c(C)c1. The van der Waals surface area contributed by atoms with Crippen LogP contribution in [0.1, 0.15) is 22.3 Å². The van der Waals surface area contributed by atoms with E-state index in [2.05, 4.69) is 37.4 Å². The van der Waals surface area contributed by atoms with Crippen LogP contribution in [-0.2, 0) is 13.2 Å². The average Bonchev–Trinajstić information content (AvgIpc) is 2.60. The molecule has 0 saturated carbocycles. The third-order valence-electron chi connectivity index (χ3n) is 4.11. The van der Waals surface area contributed by atoms with Crippen molar-refractivity contribution in [3.05, 3.63) is 94.8 Å². The normalized spacial score (nSPS) is 10.5. The van der Waals surface area contributed by atoms with Gasteiger partial charge in [0.1, 0.15) is 18.2 Å². The van der Waals surface area contributed by atoms with E-state index in [0.29, 0.717) is 13.2 Å². The van der Waals surface area contributed by atoms with Crippen molar-refractivity contribution in [2.75, 3.05) is 5.32 Å². The first-order valence-electron chi connectivity index (χ1n) is 8.38. The van der Waals surface area contributed by atoms with Gasteiger partial charge in [-0.05, 0) is 49.2 Å². The van der Waals surface area contributed by atoms with E-state index in [0.717, 1.165) is 22.6 Å². The van der Waals surface area contributed by atoms with E-state index >= 15 is 0 Å². The van der Waals surface area contributed by atoms with Gasteiger partial charge in [0.25, 0.3) is 0 Å². The first-order valence-corrected chi connectivity index (χ1v) is 8.38. The van der Waals surface area contributed by atoms with Gasteiger partial charge in [-0.15, -0.1) is 0 Å². The summed E-state index contributed by atoms with van der Waals surface area (Å²) in [4.78, 5) is 0. The van der Waals surface area contributed by atoms with Crippen molar-refractivity contribution in [3.63, 3.8) is 0 Å². The van der Waals surface area contributed by atoms with Crippen LogP contribution < -0.4 is 10.1 Å². The van der Waals surface area contributed by atoms with Gasteiger partial charge in [-0.3, -0.25) is 0 Å². The maximum atomic E-state index is 13.3. The molecule has 0 aliphatic carbocycles. The molecule has 25 heavy (non-hydrogen) atoms. The molecule has 0 spiro atoms. The minimum Gasteiger partial charge on any atom is -0.489 e. The third-order valence-corrected chi connectivity index (χ3v) is 4.11. The van der Waals surface area contributed by atoms with Crippen molar-refractivity contribution >= 4 is 5.69 Å². The van der Waals surface area contributed by atoms with Crippen LogP contribution in [0.25, 0.3) is 0 Å². The van der Waals surface area contributed by atoms with Crippen molar-refractivity contribution in [2.24, 2.45) is 0 Å². The Kier molecular flexibility index (Phi) is 5.34. The summed E-state index contributed by atoms with van der Waals surface area (Å²) >= 11 is 0. The Bertz CT molecular complexity index is 860. The highest BCUT2D eigenvalue weighted by Gasteiger charge is 2.05. The van der Waals surface area contributed by atoms with Crippen molar-refractivity contribution in [2.45, 2.75) is 27.0 Å². The van der Waals surface area contributed by atoms with Crippen LogP contribution in [0, 0.1) is 19.7 Å². The summed E-state index contributed by atoms with van der Waals surface area (Å²) in [5, 5.41) is 3.46. The second-order valence-electron chi connectivity index (χ2n) is 6.20. The highest BCUT2D eigenvalue weighted by atomic mass is 19.1. The van der Waals surface area contributed by atoms with Crippen LogP contribution in [0.4, 0.5) is 10.1 Å². The van der Waals surface area contributed by atoms with Crippen molar-refractivity contribution < 1.29 is 9.13 Å². The number of rotatable bonds is 6. The Morgan fingerprint density at radius 3 is 2.56 bits per heavy atom. The van der Waals surface area contributed by atoms with E-state index in [9.17, 15) is 4.39 Å². The van der Waals surface area contributed by atoms with Crippen LogP contribution in [0.2, 0.25) is 0 Å². The standard InChI is InChI=1S/C22H22FNO/c1-16-10-11-21(17(2)12-16)24-14-19-7-3-4-9-22(19)25-15-18-6-5-8-20(23)13-18/h3-13,24H,14-15H2,1-2H3. The maximum Gasteiger partial charge on any atom is 0.124 e. The molecule has 0 radical (unpaired) electrons. The van der Waals surface area contributed by atoms with Crippen molar-refractivity contribution in [1.29, 1.82) is 0 Å². The lowest BCUT2D eigenvalue weighted by atomic mass is 10.1. The average molecular weight is 335 g/mol. The minimum absolute atomic E-state index is 0.245.